The zero-order valence-corrected chi connectivity index (χ0v) is 13.4. The molecule has 1 fully saturated rings. The molecule has 1 rings (SSSR count). The number of hydrogen-bond donors (Lipinski definition) is 1. The van der Waals surface area contributed by atoms with Crippen LogP contribution in [0.4, 0.5) is 0 Å². The van der Waals surface area contributed by atoms with Crippen LogP contribution in [0.1, 0.15) is 32.6 Å². The van der Waals surface area contributed by atoms with E-state index in [4.69, 9.17) is 5.73 Å². The Hall–Kier alpha value is 0.130. The number of thioether (sulfide) groups is 2. The standard InChI is InChI=1S/C13H26N2OS2/c1-4-18-11-6-5-10(9-11)15(2)13(16)12(14)7-8-17-3/h10-12H,4-9,14H2,1-3H3/t10?,11?,12-/m0/s1. The van der Waals surface area contributed by atoms with Crippen molar-refractivity contribution in [3.8, 4) is 0 Å². The van der Waals surface area contributed by atoms with Gasteiger partial charge in [0.05, 0.1) is 6.04 Å². The summed E-state index contributed by atoms with van der Waals surface area (Å²) in [4.78, 5) is 14.1. The Bertz CT molecular complexity index is 263. The lowest BCUT2D eigenvalue weighted by Crippen LogP contribution is -2.46. The van der Waals surface area contributed by atoms with Gasteiger partial charge < -0.3 is 10.6 Å². The van der Waals surface area contributed by atoms with Crippen LogP contribution in [0.5, 0.6) is 0 Å². The summed E-state index contributed by atoms with van der Waals surface area (Å²) in [6.45, 7) is 2.20. The minimum Gasteiger partial charge on any atom is -0.341 e. The lowest BCUT2D eigenvalue weighted by atomic mass is 10.1. The van der Waals surface area contributed by atoms with E-state index in [0.29, 0.717) is 6.04 Å². The van der Waals surface area contributed by atoms with Gasteiger partial charge in [0.15, 0.2) is 0 Å². The lowest BCUT2D eigenvalue weighted by molar-refractivity contribution is -0.133. The molecule has 0 saturated heterocycles. The largest absolute Gasteiger partial charge is 0.341 e. The maximum absolute atomic E-state index is 12.2. The van der Waals surface area contributed by atoms with E-state index in [1.165, 1.54) is 12.2 Å². The zero-order chi connectivity index (χ0) is 13.5. The van der Waals surface area contributed by atoms with Crippen molar-refractivity contribution in [2.75, 3.05) is 24.8 Å². The molecule has 1 aliphatic rings. The maximum atomic E-state index is 12.2. The number of nitrogens with zero attached hydrogens (tertiary/aromatic N) is 1. The summed E-state index contributed by atoms with van der Waals surface area (Å²) in [5, 5.41) is 0.734. The average molecular weight is 290 g/mol. The van der Waals surface area contributed by atoms with Gasteiger partial charge in [0.2, 0.25) is 5.91 Å². The monoisotopic (exact) mass is 290 g/mol. The first-order valence-corrected chi connectivity index (χ1v) is 9.17. The quantitative estimate of drug-likeness (QED) is 0.781. The third kappa shape index (κ3) is 4.67. The fraction of sp³-hybridized carbons (Fsp3) is 0.923. The summed E-state index contributed by atoms with van der Waals surface area (Å²) >= 11 is 3.77. The zero-order valence-electron chi connectivity index (χ0n) is 11.7. The Morgan fingerprint density at radius 1 is 1.50 bits per heavy atom. The molecule has 1 amide bonds. The van der Waals surface area contributed by atoms with Gasteiger partial charge in [-0.25, -0.2) is 0 Å². The smallest absolute Gasteiger partial charge is 0.239 e. The second-order valence-corrected chi connectivity index (χ2v) is 7.44. The summed E-state index contributed by atoms with van der Waals surface area (Å²) < 4.78 is 0. The summed E-state index contributed by atoms with van der Waals surface area (Å²) in [6.07, 6.45) is 6.33. The fourth-order valence-electron chi connectivity index (χ4n) is 2.47. The van der Waals surface area contributed by atoms with Crippen molar-refractivity contribution in [2.24, 2.45) is 5.73 Å². The predicted molar refractivity (Wildman–Crippen MR) is 83.3 cm³/mol. The van der Waals surface area contributed by atoms with E-state index in [0.717, 1.165) is 30.3 Å². The Kier molecular flexibility index (Phi) is 7.49. The number of carbonyl (C=O) groups excluding carboxylic acids is 1. The van der Waals surface area contributed by atoms with Crippen LogP contribution in [0.3, 0.4) is 0 Å². The van der Waals surface area contributed by atoms with Crippen LogP contribution in [-0.2, 0) is 4.79 Å². The van der Waals surface area contributed by atoms with Crippen molar-refractivity contribution < 1.29 is 4.79 Å². The van der Waals surface area contributed by atoms with Crippen LogP contribution in [0.25, 0.3) is 0 Å². The third-order valence-electron chi connectivity index (χ3n) is 3.60. The molecule has 0 aliphatic heterocycles. The molecule has 0 bridgehead atoms. The average Bonchev–Trinajstić information content (AvgIpc) is 2.83. The number of nitrogens with two attached hydrogens (primary N) is 1. The summed E-state index contributed by atoms with van der Waals surface area (Å²) in [6, 6.07) is 0.0854. The van der Waals surface area contributed by atoms with E-state index in [2.05, 4.69) is 6.92 Å². The lowest BCUT2D eigenvalue weighted by Gasteiger charge is -2.27. The highest BCUT2D eigenvalue weighted by Gasteiger charge is 2.31. The molecule has 5 heteroatoms. The van der Waals surface area contributed by atoms with E-state index in [1.807, 2.05) is 30.0 Å². The first-order valence-electron chi connectivity index (χ1n) is 6.72. The van der Waals surface area contributed by atoms with Crippen molar-refractivity contribution in [3.05, 3.63) is 0 Å². The van der Waals surface area contributed by atoms with Gasteiger partial charge in [0.1, 0.15) is 0 Å². The normalized spacial score (nSPS) is 25.1. The van der Waals surface area contributed by atoms with E-state index in [1.54, 1.807) is 11.8 Å². The van der Waals surface area contributed by atoms with Crippen LogP contribution < -0.4 is 5.73 Å². The molecule has 3 nitrogen and oxygen atoms in total. The van der Waals surface area contributed by atoms with Gasteiger partial charge in [-0.15, -0.1) is 0 Å². The van der Waals surface area contributed by atoms with Gasteiger partial charge in [0, 0.05) is 18.3 Å². The minimum atomic E-state index is -0.319. The number of carbonyl (C=O) groups is 1. The molecule has 1 aliphatic carbocycles. The van der Waals surface area contributed by atoms with Crippen LogP contribution in [0.2, 0.25) is 0 Å². The molecular formula is C13H26N2OS2. The molecule has 2 N–H and O–H groups in total. The molecule has 0 heterocycles. The molecule has 0 radical (unpaired) electrons. The van der Waals surface area contributed by atoms with E-state index in [9.17, 15) is 4.79 Å². The van der Waals surface area contributed by atoms with E-state index < -0.39 is 0 Å². The number of rotatable bonds is 7. The predicted octanol–water partition coefficient (Wildman–Crippen LogP) is 2.20. The number of hydrogen-bond acceptors (Lipinski definition) is 4. The first kappa shape index (κ1) is 16.2. The van der Waals surface area contributed by atoms with Crippen molar-refractivity contribution in [2.45, 2.75) is 49.9 Å². The Morgan fingerprint density at radius 2 is 2.22 bits per heavy atom. The second-order valence-electron chi connectivity index (χ2n) is 4.88. The summed E-state index contributed by atoms with van der Waals surface area (Å²) in [5.74, 6) is 2.25. The summed E-state index contributed by atoms with van der Waals surface area (Å²) in [7, 11) is 1.92. The fourth-order valence-corrected chi connectivity index (χ4v) is 4.09. The van der Waals surface area contributed by atoms with Gasteiger partial charge >= 0.3 is 0 Å². The van der Waals surface area contributed by atoms with Gasteiger partial charge in [0.25, 0.3) is 0 Å². The second kappa shape index (κ2) is 8.33. The van der Waals surface area contributed by atoms with Gasteiger partial charge in [-0.05, 0) is 43.4 Å². The van der Waals surface area contributed by atoms with E-state index >= 15 is 0 Å². The minimum absolute atomic E-state index is 0.121. The van der Waals surface area contributed by atoms with Gasteiger partial charge in [-0.3, -0.25) is 4.79 Å². The van der Waals surface area contributed by atoms with Crippen molar-refractivity contribution in [1.29, 1.82) is 0 Å². The molecule has 0 aromatic heterocycles. The van der Waals surface area contributed by atoms with Crippen LogP contribution >= 0.6 is 23.5 Å². The third-order valence-corrected chi connectivity index (χ3v) is 5.48. The molecule has 0 aromatic carbocycles. The highest BCUT2D eigenvalue weighted by molar-refractivity contribution is 7.99. The topological polar surface area (TPSA) is 46.3 Å². The van der Waals surface area contributed by atoms with Crippen molar-refractivity contribution in [3.63, 3.8) is 0 Å². The van der Waals surface area contributed by atoms with Gasteiger partial charge in [-0.2, -0.15) is 23.5 Å². The highest BCUT2D eigenvalue weighted by Crippen LogP contribution is 2.32. The molecular weight excluding hydrogens is 264 g/mol. The highest BCUT2D eigenvalue weighted by atomic mass is 32.2. The van der Waals surface area contributed by atoms with Crippen LogP contribution in [0.15, 0.2) is 0 Å². The molecule has 2 unspecified atom stereocenters. The Balaban J connectivity index is 2.39. The van der Waals surface area contributed by atoms with Crippen molar-refractivity contribution in [1.82, 2.24) is 4.90 Å². The van der Waals surface area contributed by atoms with Crippen molar-refractivity contribution >= 4 is 29.4 Å². The molecule has 0 spiro atoms. The molecule has 18 heavy (non-hydrogen) atoms. The molecule has 106 valence electrons. The molecule has 0 aromatic rings. The van der Waals surface area contributed by atoms with Crippen LogP contribution in [0, 0.1) is 0 Å². The van der Waals surface area contributed by atoms with Crippen LogP contribution in [-0.4, -0.2) is 52.9 Å². The maximum Gasteiger partial charge on any atom is 0.239 e. The number of amides is 1. The molecule has 1 saturated carbocycles. The summed E-state index contributed by atoms with van der Waals surface area (Å²) in [5.41, 5.74) is 5.96. The SMILES string of the molecule is CCSC1CCC(N(C)C(=O)[C@@H](N)CCSC)C1. The van der Waals surface area contributed by atoms with Gasteiger partial charge in [-0.1, -0.05) is 6.92 Å². The Morgan fingerprint density at radius 3 is 2.83 bits per heavy atom. The molecule has 3 atom stereocenters. The van der Waals surface area contributed by atoms with E-state index in [-0.39, 0.29) is 11.9 Å². The first-order chi connectivity index (χ1) is 8.60. The Labute approximate surface area is 120 Å². The number of likely N-dealkylation sites (N-methyl/N-ethyl adjacent to an activating group) is 1.